The van der Waals surface area contributed by atoms with Crippen LogP contribution >= 0.6 is 11.3 Å². The Hall–Kier alpha value is -1.03. The molecule has 1 saturated heterocycles. The average molecular weight is 318 g/mol. The predicted molar refractivity (Wildman–Crippen MR) is 76.9 cm³/mol. The molecule has 2 heterocycles. The van der Waals surface area contributed by atoms with E-state index < -0.39 is 10.0 Å². The molecular formula is C11H18N4O3S2. The molecule has 112 valence electrons. The van der Waals surface area contributed by atoms with Gasteiger partial charge in [0.2, 0.25) is 10.0 Å². The third-order valence-electron chi connectivity index (χ3n) is 3.11. The molecule has 0 bridgehead atoms. The van der Waals surface area contributed by atoms with Crippen molar-refractivity contribution in [1.82, 2.24) is 14.6 Å². The van der Waals surface area contributed by atoms with Gasteiger partial charge in [0.1, 0.15) is 10.7 Å². The smallest absolute Gasteiger partial charge is 0.273 e. The van der Waals surface area contributed by atoms with Crippen LogP contribution in [0.4, 0.5) is 0 Å². The topological polar surface area (TPSA) is 105 Å². The van der Waals surface area contributed by atoms with Gasteiger partial charge in [0, 0.05) is 31.1 Å². The van der Waals surface area contributed by atoms with Crippen molar-refractivity contribution in [1.29, 1.82) is 0 Å². The fraction of sp³-hybridized carbons (Fsp3) is 0.636. The van der Waals surface area contributed by atoms with Crippen molar-refractivity contribution in [3.8, 4) is 0 Å². The summed E-state index contributed by atoms with van der Waals surface area (Å²) in [4.78, 5) is 18.1. The zero-order chi connectivity index (χ0) is 14.8. The lowest BCUT2D eigenvalue weighted by atomic mass is 10.1. The Morgan fingerprint density at radius 1 is 1.55 bits per heavy atom. The van der Waals surface area contributed by atoms with Gasteiger partial charge in [-0.2, -0.15) is 0 Å². The number of hydrogen-bond acceptors (Lipinski definition) is 6. The Labute approximate surface area is 122 Å². The van der Waals surface area contributed by atoms with E-state index in [9.17, 15) is 13.2 Å². The fourth-order valence-electron chi connectivity index (χ4n) is 2.17. The normalized spacial score (nSPS) is 17.4. The van der Waals surface area contributed by atoms with Crippen LogP contribution in [-0.4, -0.2) is 49.6 Å². The van der Waals surface area contributed by atoms with Gasteiger partial charge < -0.3 is 10.6 Å². The first kappa shape index (κ1) is 15.4. The number of likely N-dealkylation sites (tertiary alicyclic amines) is 1. The van der Waals surface area contributed by atoms with Crippen LogP contribution in [0.2, 0.25) is 0 Å². The van der Waals surface area contributed by atoms with Crippen molar-refractivity contribution in [2.75, 3.05) is 19.3 Å². The maximum Gasteiger partial charge on any atom is 0.273 e. The number of carbonyl (C=O) groups is 1. The second-order valence-corrected chi connectivity index (χ2v) is 7.51. The molecule has 0 atom stereocenters. The van der Waals surface area contributed by atoms with Crippen LogP contribution in [0.25, 0.3) is 0 Å². The van der Waals surface area contributed by atoms with Crippen LogP contribution < -0.4 is 10.5 Å². The lowest BCUT2D eigenvalue weighted by molar-refractivity contribution is 0.0706. The molecule has 9 heteroatoms. The molecule has 1 aliphatic rings. The minimum atomic E-state index is -3.19. The second kappa shape index (κ2) is 6.17. The number of hydrogen-bond donors (Lipinski definition) is 2. The van der Waals surface area contributed by atoms with E-state index in [1.807, 2.05) is 0 Å². The summed E-state index contributed by atoms with van der Waals surface area (Å²) in [5.74, 6) is -0.112. The second-order valence-electron chi connectivity index (χ2n) is 4.79. The summed E-state index contributed by atoms with van der Waals surface area (Å²) in [5, 5.41) is 2.45. The van der Waals surface area contributed by atoms with E-state index in [1.165, 1.54) is 11.3 Å². The first-order valence-electron chi connectivity index (χ1n) is 6.30. The van der Waals surface area contributed by atoms with Crippen molar-refractivity contribution in [2.45, 2.75) is 25.4 Å². The molecule has 7 nitrogen and oxygen atoms in total. The number of sulfonamides is 1. The van der Waals surface area contributed by atoms with Gasteiger partial charge in [-0.25, -0.2) is 18.1 Å². The van der Waals surface area contributed by atoms with E-state index in [4.69, 9.17) is 5.73 Å². The van der Waals surface area contributed by atoms with Crippen LogP contribution in [0.15, 0.2) is 5.38 Å². The van der Waals surface area contributed by atoms with Crippen molar-refractivity contribution in [3.63, 3.8) is 0 Å². The minimum Gasteiger partial charge on any atom is -0.337 e. The number of piperidine rings is 1. The molecule has 0 aromatic carbocycles. The number of rotatable bonds is 4. The molecule has 1 fully saturated rings. The molecule has 0 aliphatic carbocycles. The Kier molecular flexibility index (Phi) is 4.74. The highest BCUT2D eigenvalue weighted by atomic mass is 32.2. The summed E-state index contributed by atoms with van der Waals surface area (Å²) in [6.45, 7) is 1.39. The van der Waals surface area contributed by atoms with Crippen molar-refractivity contribution < 1.29 is 13.2 Å². The molecule has 1 amide bonds. The van der Waals surface area contributed by atoms with E-state index in [0.717, 1.165) is 11.3 Å². The van der Waals surface area contributed by atoms with Crippen molar-refractivity contribution in [2.24, 2.45) is 5.73 Å². The molecule has 0 radical (unpaired) electrons. The standard InChI is InChI=1S/C11H18N4O3S2/c1-20(17,18)14-8-2-4-15(5-3-8)11(16)9-7-19-10(6-12)13-9/h7-8,14H,2-6,12H2,1H3. The monoisotopic (exact) mass is 318 g/mol. The number of amides is 1. The largest absolute Gasteiger partial charge is 0.337 e. The average Bonchev–Trinajstić information content (AvgIpc) is 2.85. The summed E-state index contributed by atoms with van der Waals surface area (Å²) < 4.78 is 24.9. The zero-order valence-corrected chi connectivity index (χ0v) is 12.8. The third-order valence-corrected chi connectivity index (χ3v) is 4.74. The Morgan fingerprint density at radius 2 is 2.20 bits per heavy atom. The highest BCUT2D eigenvalue weighted by Gasteiger charge is 2.26. The quantitative estimate of drug-likeness (QED) is 0.797. The zero-order valence-electron chi connectivity index (χ0n) is 11.2. The Morgan fingerprint density at radius 3 is 2.70 bits per heavy atom. The maximum atomic E-state index is 12.2. The highest BCUT2D eigenvalue weighted by Crippen LogP contribution is 2.16. The van der Waals surface area contributed by atoms with Gasteiger partial charge in [-0.1, -0.05) is 0 Å². The fourth-order valence-corrected chi connectivity index (χ4v) is 3.66. The number of carbonyl (C=O) groups excluding carboxylic acids is 1. The van der Waals surface area contributed by atoms with Gasteiger partial charge in [0.05, 0.1) is 6.26 Å². The van der Waals surface area contributed by atoms with Crippen LogP contribution in [-0.2, 0) is 16.6 Å². The summed E-state index contributed by atoms with van der Waals surface area (Å²) >= 11 is 1.38. The SMILES string of the molecule is CS(=O)(=O)NC1CCN(C(=O)c2csc(CN)n2)CC1. The van der Waals surface area contributed by atoms with Gasteiger partial charge in [0.25, 0.3) is 5.91 Å². The van der Waals surface area contributed by atoms with E-state index in [0.29, 0.717) is 38.2 Å². The molecule has 0 unspecified atom stereocenters. The Balaban J connectivity index is 1.91. The van der Waals surface area contributed by atoms with E-state index >= 15 is 0 Å². The number of nitrogens with one attached hydrogen (secondary N) is 1. The lowest BCUT2D eigenvalue weighted by Crippen LogP contribution is -2.46. The van der Waals surface area contributed by atoms with E-state index in [2.05, 4.69) is 9.71 Å². The molecule has 0 spiro atoms. The van der Waals surface area contributed by atoms with Crippen molar-refractivity contribution >= 4 is 27.3 Å². The third kappa shape index (κ3) is 3.98. The molecule has 20 heavy (non-hydrogen) atoms. The van der Waals surface area contributed by atoms with Crippen LogP contribution in [0, 0.1) is 0 Å². The van der Waals surface area contributed by atoms with Crippen LogP contribution in [0.3, 0.4) is 0 Å². The lowest BCUT2D eigenvalue weighted by Gasteiger charge is -2.31. The van der Waals surface area contributed by atoms with E-state index in [1.54, 1.807) is 10.3 Å². The Bertz CT molecular complexity index is 576. The molecule has 1 aliphatic heterocycles. The molecule has 1 aromatic rings. The summed E-state index contributed by atoms with van der Waals surface area (Å²) in [7, 11) is -3.19. The van der Waals surface area contributed by atoms with Gasteiger partial charge in [-0.3, -0.25) is 4.79 Å². The van der Waals surface area contributed by atoms with Gasteiger partial charge in [0.15, 0.2) is 0 Å². The number of aromatic nitrogens is 1. The first-order valence-corrected chi connectivity index (χ1v) is 9.07. The predicted octanol–water partition coefficient (Wildman–Crippen LogP) is -0.244. The number of nitrogens with two attached hydrogens (primary N) is 1. The minimum absolute atomic E-state index is 0.0934. The highest BCUT2D eigenvalue weighted by molar-refractivity contribution is 7.88. The summed E-state index contributed by atoms with van der Waals surface area (Å²) in [5.41, 5.74) is 5.90. The molecule has 1 aromatic heterocycles. The number of nitrogens with zero attached hydrogens (tertiary/aromatic N) is 2. The maximum absolute atomic E-state index is 12.2. The van der Waals surface area contributed by atoms with Gasteiger partial charge in [-0.15, -0.1) is 11.3 Å². The van der Waals surface area contributed by atoms with Crippen LogP contribution in [0.5, 0.6) is 0 Å². The van der Waals surface area contributed by atoms with Crippen molar-refractivity contribution in [3.05, 3.63) is 16.1 Å². The van der Waals surface area contributed by atoms with E-state index in [-0.39, 0.29) is 11.9 Å². The molecule has 3 N–H and O–H groups in total. The van der Waals surface area contributed by atoms with Gasteiger partial charge >= 0.3 is 0 Å². The van der Waals surface area contributed by atoms with Gasteiger partial charge in [-0.05, 0) is 12.8 Å². The summed E-state index contributed by atoms with van der Waals surface area (Å²) in [6.07, 6.45) is 2.38. The molecule has 0 saturated carbocycles. The molecular weight excluding hydrogens is 300 g/mol. The first-order chi connectivity index (χ1) is 9.39. The number of thiazole rings is 1. The molecule has 2 rings (SSSR count). The summed E-state index contributed by atoms with van der Waals surface area (Å²) in [6, 6.07) is -0.0934. The van der Waals surface area contributed by atoms with Crippen LogP contribution in [0.1, 0.15) is 28.3 Å².